The first kappa shape index (κ1) is 20.1. The highest BCUT2D eigenvalue weighted by molar-refractivity contribution is 7.99. The van der Waals surface area contributed by atoms with Gasteiger partial charge in [-0.3, -0.25) is 4.79 Å². The Hall–Kier alpha value is 0.130. The maximum Gasteiger partial charge on any atom is 0.315 e. The molecule has 0 aliphatic heterocycles. The van der Waals surface area contributed by atoms with Gasteiger partial charge in [0, 0.05) is 0 Å². The first-order valence-corrected chi connectivity index (χ1v) is 10.0. The fourth-order valence-corrected chi connectivity index (χ4v) is 3.61. The van der Waals surface area contributed by atoms with E-state index in [1.165, 1.54) is 63.6 Å². The lowest BCUT2D eigenvalue weighted by atomic mass is 10.1. The SMILES string of the molecule is COC(=O)CSCCCCCCCCCSCCCN. The Balaban J connectivity index is 2.97. The van der Waals surface area contributed by atoms with Gasteiger partial charge in [0.15, 0.2) is 0 Å². The molecule has 0 spiro atoms. The molecular formula is C15H31NO2S2. The van der Waals surface area contributed by atoms with E-state index in [9.17, 15) is 4.79 Å². The standard InChI is InChI=1S/C15H31NO2S2/c1-18-15(17)14-20-12-8-6-4-2-3-5-7-11-19-13-9-10-16/h2-14,16H2,1H3. The number of hydrogen-bond donors (Lipinski definition) is 1. The van der Waals surface area contributed by atoms with E-state index in [2.05, 4.69) is 4.74 Å². The smallest absolute Gasteiger partial charge is 0.315 e. The Labute approximate surface area is 133 Å². The number of esters is 1. The van der Waals surface area contributed by atoms with Crippen molar-refractivity contribution < 1.29 is 9.53 Å². The van der Waals surface area contributed by atoms with Crippen molar-refractivity contribution in [1.82, 2.24) is 0 Å². The normalized spacial score (nSPS) is 10.7. The molecule has 3 nitrogen and oxygen atoms in total. The highest BCUT2D eigenvalue weighted by Gasteiger charge is 1.99. The fraction of sp³-hybridized carbons (Fsp3) is 0.933. The number of nitrogens with two attached hydrogens (primary N) is 1. The highest BCUT2D eigenvalue weighted by Crippen LogP contribution is 2.12. The zero-order valence-corrected chi connectivity index (χ0v) is 14.5. The van der Waals surface area contributed by atoms with Crippen molar-refractivity contribution in [2.75, 3.05) is 36.7 Å². The van der Waals surface area contributed by atoms with E-state index in [-0.39, 0.29) is 5.97 Å². The largest absolute Gasteiger partial charge is 0.468 e. The molecule has 0 rings (SSSR count). The molecule has 0 aromatic carbocycles. The number of methoxy groups -OCH3 is 1. The van der Waals surface area contributed by atoms with Crippen LogP contribution in [0.3, 0.4) is 0 Å². The Morgan fingerprint density at radius 3 is 1.90 bits per heavy atom. The number of unbranched alkanes of at least 4 members (excludes halogenated alkanes) is 6. The number of rotatable bonds is 15. The lowest BCUT2D eigenvalue weighted by Gasteiger charge is -2.03. The molecule has 0 aromatic heterocycles. The van der Waals surface area contributed by atoms with Crippen LogP contribution >= 0.6 is 23.5 Å². The summed E-state index contributed by atoms with van der Waals surface area (Å²) in [5.74, 6) is 3.98. The van der Waals surface area contributed by atoms with Crippen LogP contribution in [0.5, 0.6) is 0 Å². The van der Waals surface area contributed by atoms with Crippen LogP contribution in [-0.2, 0) is 9.53 Å². The maximum atomic E-state index is 10.9. The predicted molar refractivity (Wildman–Crippen MR) is 92.7 cm³/mol. The number of carbonyl (C=O) groups is 1. The molecule has 0 aliphatic rings. The fourth-order valence-electron chi connectivity index (χ4n) is 1.79. The van der Waals surface area contributed by atoms with Crippen molar-refractivity contribution >= 4 is 29.5 Å². The molecule has 2 N–H and O–H groups in total. The Morgan fingerprint density at radius 1 is 0.850 bits per heavy atom. The van der Waals surface area contributed by atoms with Crippen molar-refractivity contribution in [2.24, 2.45) is 5.73 Å². The number of hydrogen-bond acceptors (Lipinski definition) is 5. The van der Waals surface area contributed by atoms with Crippen molar-refractivity contribution in [3.8, 4) is 0 Å². The van der Waals surface area contributed by atoms with Crippen LogP contribution in [0.2, 0.25) is 0 Å². The third kappa shape index (κ3) is 16.2. The van der Waals surface area contributed by atoms with E-state index in [0.717, 1.165) is 18.7 Å². The topological polar surface area (TPSA) is 52.3 Å². The van der Waals surface area contributed by atoms with Crippen molar-refractivity contribution in [1.29, 1.82) is 0 Å². The first-order valence-electron chi connectivity index (χ1n) is 7.73. The van der Waals surface area contributed by atoms with E-state index in [4.69, 9.17) is 5.73 Å². The summed E-state index contributed by atoms with van der Waals surface area (Å²) in [4.78, 5) is 10.9. The molecule has 0 heterocycles. The first-order chi connectivity index (χ1) is 9.81. The maximum absolute atomic E-state index is 10.9. The molecule has 0 unspecified atom stereocenters. The number of thioether (sulfide) groups is 2. The summed E-state index contributed by atoms with van der Waals surface area (Å²) in [6, 6.07) is 0. The molecule has 5 heteroatoms. The van der Waals surface area contributed by atoms with Gasteiger partial charge in [0.05, 0.1) is 12.9 Å². The van der Waals surface area contributed by atoms with E-state index in [0.29, 0.717) is 5.75 Å². The van der Waals surface area contributed by atoms with Crippen LogP contribution < -0.4 is 5.73 Å². The van der Waals surface area contributed by atoms with Gasteiger partial charge >= 0.3 is 5.97 Å². The van der Waals surface area contributed by atoms with Crippen LogP contribution in [0.25, 0.3) is 0 Å². The Morgan fingerprint density at radius 2 is 1.35 bits per heavy atom. The molecule has 0 aromatic rings. The third-order valence-corrected chi connectivity index (χ3v) is 5.19. The minimum atomic E-state index is -0.112. The number of carbonyl (C=O) groups excluding carboxylic acids is 1. The van der Waals surface area contributed by atoms with Crippen LogP contribution in [0.4, 0.5) is 0 Å². The van der Waals surface area contributed by atoms with Gasteiger partial charge in [-0.2, -0.15) is 23.5 Å². The molecule has 120 valence electrons. The molecule has 0 atom stereocenters. The summed E-state index contributed by atoms with van der Waals surface area (Å²) in [7, 11) is 1.44. The Kier molecular flexibility index (Phi) is 17.3. The summed E-state index contributed by atoms with van der Waals surface area (Å²) < 4.78 is 4.60. The van der Waals surface area contributed by atoms with Gasteiger partial charge in [0.1, 0.15) is 0 Å². The summed E-state index contributed by atoms with van der Waals surface area (Å²) in [6.07, 6.45) is 10.4. The van der Waals surface area contributed by atoms with E-state index >= 15 is 0 Å². The quantitative estimate of drug-likeness (QED) is 0.368. The molecule has 0 fully saturated rings. The average Bonchev–Trinajstić information content (AvgIpc) is 2.47. The second-order valence-electron chi connectivity index (χ2n) is 4.86. The minimum absolute atomic E-state index is 0.112. The molecule has 0 saturated heterocycles. The van der Waals surface area contributed by atoms with Crippen LogP contribution in [-0.4, -0.2) is 42.6 Å². The third-order valence-electron chi connectivity index (χ3n) is 3.02. The minimum Gasteiger partial charge on any atom is -0.468 e. The number of ether oxygens (including phenoxy) is 1. The van der Waals surface area contributed by atoms with E-state index in [1.54, 1.807) is 11.8 Å². The van der Waals surface area contributed by atoms with E-state index in [1.807, 2.05) is 11.8 Å². The molecule has 0 amide bonds. The monoisotopic (exact) mass is 321 g/mol. The van der Waals surface area contributed by atoms with Crippen molar-refractivity contribution in [2.45, 2.75) is 51.4 Å². The molecule has 0 radical (unpaired) electrons. The molecule has 0 saturated carbocycles. The molecule has 20 heavy (non-hydrogen) atoms. The van der Waals surface area contributed by atoms with Crippen LogP contribution in [0.1, 0.15) is 51.4 Å². The predicted octanol–water partition coefficient (Wildman–Crippen LogP) is 3.71. The van der Waals surface area contributed by atoms with Crippen molar-refractivity contribution in [3.05, 3.63) is 0 Å². The zero-order valence-electron chi connectivity index (χ0n) is 12.9. The lowest BCUT2D eigenvalue weighted by molar-refractivity contribution is -0.137. The van der Waals surface area contributed by atoms with Gasteiger partial charge < -0.3 is 10.5 Å². The van der Waals surface area contributed by atoms with Gasteiger partial charge in [-0.05, 0) is 43.1 Å². The molecule has 0 aliphatic carbocycles. The van der Waals surface area contributed by atoms with Gasteiger partial charge in [0.25, 0.3) is 0 Å². The summed E-state index contributed by atoms with van der Waals surface area (Å²) in [5.41, 5.74) is 5.45. The van der Waals surface area contributed by atoms with Crippen molar-refractivity contribution in [3.63, 3.8) is 0 Å². The Bertz CT molecular complexity index is 216. The lowest BCUT2D eigenvalue weighted by Crippen LogP contribution is -2.03. The molecule has 0 bridgehead atoms. The van der Waals surface area contributed by atoms with Crippen LogP contribution in [0.15, 0.2) is 0 Å². The van der Waals surface area contributed by atoms with Gasteiger partial charge in [-0.25, -0.2) is 0 Å². The zero-order chi connectivity index (χ0) is 14.9. The van der Waals surface area contributed by atoms with Gasteiger partial charge in [0.2, 0.25) is 0 Å². The second kappa shape index (κ2) is 17.2. The van der Waals surface area contributed by atoms with Gasteiger partial charge in [-0.15, -0.1) is 0 Å². The van der Waals surface area contributed by atoms with E-state index < -0.39 is 0 Å². The molecular weight excluding hydrogens is 290 g/mol. The van der Waals surface area contributed by atoms with Crippen LogP contribution in [0, 0.1) is 0 Å². The highest BCUT2D eigenvalue weighted by atomic mass is 32.2. The second-order valence-corrected chi connectivity index (χ2v) is 7.19. The van der Waals surface area contributed by atoms with Gasteiger partial charge in [-0.1, -0.05) is 32.1 Å². The summed E-state index contributed by atoms with van der Waals surface area (Å²) in [6.45, 7) is 0.824. The average molecular weight is 322 g/mol. The summed E-state index contributed by atoms with van der Waals surface area (Å²) in [5, 5.41) is 0. The summed E-state index contributed by atoms with van der Waals surface area (Å²) >= 11 is 3.72.